The first kappa shape index (κ1) is 24.7. The lowest BCUT2D eigenvalue weighted by Crippen LogP contribution is -2.17. The van der Waals surface area contributed by atoms with Gasteiger partial charge in [0.2, 0.25) is 5.78 Å². The molecule has 11 heteroatoms. The number of hydrogen-bond donors (Lipinski definition) is 2. The standard InChI is InChI=1S/C25H25N3O8/c1-15-11-19(16(2)27(15)17-4-6-23-24(13-17)35-10-9-34-23)22(30)14-36-25(31)20-12-18(28(32)33)3-5-21(20)26-7-8-29/h3-6,11-13,26,29H,7-10,14H2,1-2H3. The van der Waals surface area contributed by atoms with Crippen molar-refractivity contribution in [1.82, 2.24) is 4.57 Å². The number of nitro groups is 1. The van der Waals surface area contributed by atoms with Crippen LogP contribution in [0.2, 0.25) is 0 Å². The predicted molar refractivity (Wildman–Crippen MR) is 130 cm³/mol. The second-order valence-electron chi connectivity index (χ2n) is 8.08. The summed E-state index contributed by atoms with van der Waals surface area (Å²) in [6.07, 6.45) is 0. The first-order chi connectivity index (χ1) is 17.3. The number of Topliss-reactive ketones (excluding diaryl/α,β-unsaturated/α-hetero) is 1. The molecule has 0 amide bonds. The van der Waals surface area contributed by atoms with E-state index in [4.69, 9.17) is 19.3 Å². The monoisotopic (exact) mass is 495 g/mol. The van der Waals surface area contributed by atoms with Gasteiger partial charge in [0.25, 0.3) is 5.69 Å². The van der Waals surface area contributed by atoms with Crippen molar-refractivity contribution in [1.29, 1.82) is 0 Å². The van der Waals surface area contributed by atoms with Crippen LogP contribution in [0.3, 0.4) is 0 Å². The van der Waals surface area contributed by atoms with Crippen LogP contribution < -0.4 is 14.8 Å². The molecular weight excluding hydrogens is 470 g/mol. The number of nitro benzene ring substituents is 1. The highest BCUT2D eigenvalue weighted by atomic mass is 16.6. The highest BCUT2D eigenvalue weighted by Crippen LogP contribution is 2.33. The fourth-order valence-corrected chi connectivity index (χ4v) is 4.06. The number of benzene rings is 2. The zero-order chi connectivity index (χ0) is 25.8. The van der Waals surface area contributed by atoms with Crippen LogP contribution in [0.4, 0.5) is 11.4 Å². The van der Waals surface area contributed by atoms with Gasteiger partial charge in [0.15, 0.2) is 18.1 Å². The number of nitrogens with zero attached hydrogens (tertiary/aromatic N) is 2. The maximum absolute atomic E-state index is 13.0. The van der Waals surface area contributed by atoms with Gasteiger partial charge in [0, 0.05) is 53.1 Å². The normalized spacial score (nSPS) is 12.2. The minimum atomic E-state index is -0.895. The van der Waals surface area contributed by atoms with Crippen LogP contribution in [0.15, 0.2) is 42.5 Å². The number of aliphatic hydroxyl groups excluding tert-OH is 1. The molecule has 2 aromatic carbocycles. The van der Waals surface area contributed by atoms with E-state index in [1.54, 1.807) is 13.0 Å². The number of aliphatic hydroxyl groups is 1. The van der Waals surface area contributed by atoms with Gasteiger partial charge in [-0.3, -0.25) is 14.9 Å². The van der Waals surface area contributed by atoms with Crippen molar-refractivity contribution in [3.63, 3.8) is 0 Å². The van der Waals surface area contributed by atoms with Crippen molar-refractivity contribution in [3.8, 4) is 17.2 Å². The molecule has 0 fully saturated rings. The molecule has 4 rings (SSSR count). The highest BCUT2D eigenvalue weighted by molar-refractivity contribution is 6.02. The van der Waals surface area contributed by atoms with Crippen LogP contribution >= 0.6 is 0 Å². The van der Waals surface area contributed by atoms with Crippen LogP contribution in [0.5, 0.6) is 11.5 Å². The maximum atomic E-state index is 13.0. The summed E-state index contributed by atoms with van der Waals surface area (Å²) in [5.74, 6) is -0.0380. The molecule has 0 spiro atoms. The van der Waals surface area contributed by atoms with Gasteiger partial charge < -0.3 is 29.2 Å². The Bertz CT molecular complexity index is 1330. The molecule has 11 nitrogen and oxygen atoms in total. The minimum absolute atomic E-state index is 0.104. The number of esters is 1. The van der Waals surface area contributed by atoms with Crippen molar-refractivity contribution in [2.24, 2.45) is 0 Å². The summed E-state index contributed by atoms with van der Waals surface area (Å²) in [5.41, 5.74) is 2.48. The molecule has 0 unspecified atom stereocenters. The molecule has 2 heterocycles. The molecule has 0 radical (unpaired) electrons. The van der Waals surface area contributed by atoms with Crippen molar-refractivity contribution in [2.75, 3.05) is 38.3 Å². The molecular formula is C25H25N3O8. The molecule has 0 aliphatic carbocycles. The Morgan fingerprint density at radius 1 is 1.08 bits per heavy atom. The van der Waals surface area contributed by atoms with E-state index < -0.39 is 23.3 Å². The van der Waals surface area contributed by atoms with Crippen molar-refractivity contribution < 1.29 is 33.8 Å². The van der Waals surface area contributed by atoms with Gasteiger partial charge in [0.05, 0.1) is 17.1 Å². The van der Waals surface area contributed by atoms with E-state index in [-0.39, 0.29) is 30.1 Å². The number of aryl methyl sites for hydroxylation is 1. The lowest BCUT2D eigenvalue weighted by atomic mass is 10.1. The zero-order valence-electron chi connectivity index (χ0n) is 19.8. The van der Waals surface area contributed by atoms with E-state index in [0.717, 1.165) is 17.4 Å². The molecule has 2 N–H and O–H groups in total. The molecule has 1 aliphatic rings. The van der Waals surface area contributed by atoms with Crippen LogP contribution in [-0.4, -0.2) is 59.3 Å². The van der Waals surface area contributed by atoms with Gasteiger partial charge in [-0.05, 0) is 38.1 Å². The Labute approximate surface area is 206 Å². The summed E-state index contributed by atoms with van der Waals surface area (Å²) in [7, 11) is 0. The SMILES string of the molecule is Cc1cc(C(=O)COC(=O)c2cc([N+](=O)[O-])ccc2NCCO)c(C)n1-c1ccc2c(c1)OCCO2. The molecule has 1 aliphatic heterocycles. The van der Waals surface area contributed by atoms with E-state index in [9.17, 15) is 19.7 Å². The number of aromatic nitrogens is 1. The summed E-state index contributed by atoms with van der Waals surface area (Å²) in [4.78, 5) is 36.2. The lowest BCUT2D eigenvalue weighted by Gasteiger charge is -2.20. The average Bonchev–Trinajstić information content (AvgIpc) is 3.18. The first-order valence-electron chi connectivity index (χ1n) is 11.2. The average molecular weight is 495 g/mol. The summed E-state index contributed by atoms with van der Waals surface area (Å²) < 4.78 is 18.3. The summed E-state index contributed by atoms with van der Waals surface area (Å²) in [6.45, 7) is 3.96. The number of anilines is 1. The number of non-ortho nitro benzene ring substituents is 1. The number of carbonyl (C=O) groups excluding carboxylic acids is 2. The third kappa shape index (κ3) is 5.01. The number of nitrogens with one attached hydrogen (secondary N) is 1. The fourth-order valence-electron chi connectivity index (χ4n) is 4.06. The number of carbonyl (C=O) groups is 2. The molecule has 1 aromatic heterocycles. The third-order valence-electron chi connectivity index (χ3n) is 5.71. The van der Waals surface area contributed by atoms with E-state index >= 15 is 0 Å². The summed E-state index contributed by atoms with van der Waals surface area (Å²) in [6, 6.07) is 10.9. The number of fused-ring (bicyclic) bond motifs is 1. The smallest absolute Gasteiger partial charge is 0.340 e. The predicted octanol–water partition coefficient (Wildman–Crippen LogP) is 3.22. The van der Waals surface area contributed by atoms with Crippen LogP contribution in [-0.2, 0) is 4.74 Å². The van der Waals surface area contributed by atoms with E-state index in [0.29, 0.717) is 36.0 Å². The Kier molecular flexibility index (Phi) is 7.20. The molecule has 0 saturated heterocycles. The highest BCUT2D eigenvalue weighted by Gasteiger charge is 2.22. The molecule has 0 atom stereocenters. The van der Waals surface area contributed by atoms with Gasteiger partial charge in [-0.2, -0.15) is 0 Å². The number of ketones is 1. The summed E-state index contributed by atoms with van der Waals surface area (Å²) >= 11 is 0. The van der Waals surface area contributed by atoms with Crippen molar-refractivity contribution in [2.45, 2.75) is 13.8 Å². The van der Waals surface area contributed by atoms with Gasteiger partial charge in [-0.15, -0.1) is 0 Å². The quantitative estimate of drug-likeness (QED) is 0.198. The zero-order valence-corrected chi connectivity index (χ0v) is 19.8. The molecule has 3 aromatic rings. The third-order valence-corrected chi connectivity index (χ3v) is 5.71. The Morgan fingerprint density at radius 2 is 1.83 bits per heavy atom. The maximum Gasteiger partial charge on any atom is 0.340 e. The van der Waals surface area contributed by atoms with E-state index in [1.165, 1.54) is 12.1 Å². The van der Waals surface area contributed by atoms with E-state index in [2.05, 4.69) is 5.32 Å². The molecule has 36 heavy (non-hydrogen) atoms. The van der Waals surface area contributed by atoms with Gasteiger partial charge in [0.1, 0.15) is 13.2 Å². The second kappa shape index (κ2) is 10.5. The van der Waals surface area contributed by atoms with Crippen molar-refractivity contribution in [3.05, 3.63) is 75.1 Å². The Hall–Kier alpha value is -4.38. The summed E-state index contributed by atoms with van der Waals surface area (Å²) in [5, 5.41) is 23.0. The molecule has 188 valence electrons. The topological polar surface area (TPSA) is 142 Å². The largest absolute Gasteiger partial charge is 0.486 e. The van der Waals surface area contributed by atoms with Crippen LogP contribution in [0, 0.1) is 24.0 Å². The number of hydrogen-bond acceptors (Lipinski definition) is 9. The van der Waals surface area contributed by atoms with Crippen LogP contribution in [0.25, 0.3) is 5.69 Å². The van der Waals surface area contributed by atoms with Gasteiger partial charge in [-0.1, -0.05) is 0 Å². The second-order valence-corrected chi connectivity index (χ2v) is 8.08. The van der Waals surface area contributed by atoms with Crippen molar-refractivity contribution >= 4 is 23.1 Å². The van der Waals surface area contributed by atoms with Gasteiger partial charge >= 0.3 is 5.97 Å². The van der Waals surface area contributed by atoms with Gasteiger partial charge in [-0.25, -0.2) is 4.79 Å². The van der Waals surface area contributed by atoms with E-state index in [1.807, 2.05) is 29.7 Å². The number of rotatable bonds is 9. The Morgan fingerprint density at radius 3 is 2.56 bits per heavy atom. The Balaban J connectivity index is 1.53. The fraction of sp³-hybridized carbons (Fsp3) is 0.280. The lowest BCUT2D eigenvalue weighted by molar-refractivity contribution is -0.384. The minimum Gasteiger partial charge on any atom is -0.486 e. The first-order valence-corrected chi connectivity index (χ1v) is 11.2. The number of ether oxygens (including phenoxy) is 3. The molecule has 0 bridgehead atoms. The van der Waals surface area contributed by atoms with Crippen LogP contribution in [0.1, 0.15) is 32.1 Å². The molecule has 0 saturated carbocycles.